The van der Waals surface area contributed by atoms with Crippen molar-refractivity contribution in [2.24, 2.45) is 0 Å². The van der Waals surface area contributed by atoms with Crippen LogP contribution in [0.4, 0.5) is 13.2 Å². The highest BCUT2D eigenvalue weighted by Gasteiger charge is 2.30. The van der Waals surface area contributed by atoms with Gasteiger partial charge in [-0.05, 0) is 24.7 Å². The van der Waals surface area contributed by atoms with E-state index < -0.39 is 17.3 Å². The topological polar surface area (TPSA) is 22.0 Å². The van der Waals surface area contributed by atoms with Crippen molar-refractivity contribution >= 4 is 12.6 Å². The Morgan fingerprint density at radius 1 is 1.25 bits per heavy atom. The number of alkyl halides is 3. The first-order valence-corrected chi connectivity index (χ1v) is 5.47. The Bertz CT molecular complexity index is 400. The van der Waals surface area contributed by atoms with Crippen molar-refractivity contribution in [1.82, 2.24) is 4.57 Å². The largest absolute Gasteiger partial charge is 0.417 e. The van der Waals surface area contributed by atoms with Gasteiger partial charge in [0.25, 0.3) is 5.56 Å². The summed E-state index contributed by atoms with van der Waals surface area (Å²) in [6.45, 7) is 0.295. The Balaban J connectivity index is 2.87. The second kappa shape index (κ2) is 5.43. The molecule has 6 heteroatoms. The highest BCUT2D eigenvalue weighted by atomic mass is 32.1. The van der Waals surface area contributed by atoms with Crippen LogP contribution in [0.3, 0.4) is 0 Å². The highest BCUT2D eigenvalue weighted by Crippen LogP contribution is 2.27. The number of aromatic nitrogens is 1. The molecule has 0 aliphatic carbocycles. The number of hydrogen-bond acceptors (Lipinski definition) is 2. The first kappa shape index (κ1) is 13.2. The summed E-state index contributed by atoms with van der Waals surface area (Å²) < 4.78 is 38.2. The molecule has 0 radical (unpaired) electrons. The van der Waals surface area contributed by atoms with Crippen molar-refractivity contribution < 1.29 is 13.2 Å². The lowest BCUT2D eigenvalue weighted by Crippen LogP contribution is -2.21. The van der Waals surface area contributed by atoms with Crippen molar-refractivity contribution in [3.05, 3.63) is 34.2 Å². The Morgan fingerprint density at radius 3 is 2.50 bits per heavy atom. The van der Waals surface area contributed by atoms with Gasteiger partial charge in [0, 0.05) is 18.8 Å². The second-order valence-electron chi connectivity index (χ2n) is 3.38. The molecular formula is C10H12F3NOS. The lowest BCUT2D eigenvalue weighted by atomic mass is 10.2. The summed E-state index contributed by atoms with van der Waals surface area (Å²) in [5.74, 6) is 0.660. The summed E-state index contributed by atoms with van der Waals surface area (Å²) in [4.78, 5) is 11.3. The van der Waals surface area contributed by atoms with Crippen LogP contribution in [0.5, 0.6) is 0 Å². The van der Waals surface area contributed by atoms with Gasteiger partial charge in [0.15, 0.2) is 0 Å². The normalized spacial score (nSPS) is 11.8. The van der Waals surface area contributed by atoms with Crippen LogP contribution in [0.1, 0.15) is 18.4 Å². The van der Waals surface area contributed by atoms with Crippen LogP contribution in [0.15, 0.2) is 23.1 Å². The molecule has 0 saturated carbocycles. The van der Waals surface area contributed by atoms with Crippen LogP contribution >= 0.6 is 12.6 Å². The maximum atomic E-state index is 12.4. The van der Waals surface area contributed by atoms with E-state index in [4.69, 9.17) is 0 Å². The second-order valence-corrected chi connectivity index (χ2v) is 3.83. The summed E-state index contributed by atoms with van der Waals surface area (Å²) in [6.07, 6.45) is -2.13. The molecule has 0 fully saturated rings. The molecule has 1 heterocycles. The molecule has 16 heavy (non-hydrogen) atoms. The number of pyridine rings is 1. The van der Waals surface area contributed by atoms with E-state index in [-0.39, 0.29) is 0 Å². The Labute approximate surface area is 96.5 Å². The van der Waals surface area contributed by atoms with E-state index in [9.17, 15) is 18.0 Å². The molecule has 0 unspecified atom stereocenters. The third kappa shape index (κ3) is 3.59. The molecule has 0 aliphatic heterocycles. The van der Waals surface area contributed by atoms with Gasteiger partial charge in [0.1, 0.15) is 0 Å². The average molecular weight is 251 g/mol. The van der Waals surface area contributed by atoms with E-state index in [1.165, 1.54) is 0 Å². The molecule has 0 atom stereocenters. The van der Waals surface area contributed by atoms with Gasteiger partial charge in [-0.25, -0.2) is 0 Å². The van der Waals surface area contributed by atoms with Gasteiger partial charge in [0.05, 0.1) is 5.56 Å². The first-order chi connectivity index (χ1) is 7.45. The van der Waals surface area contributed by atoms with Crippen LogP contribution in [-0.4, -0.2) is 10.3 Å². The fourth-order valence-electron chi connectivity index (χ4n) is 1.27. The number of thiol groups is 1. The monoisotopic (exact) mass is 251 g/mol. The quantitative estimate of drug-likeness (QED) is 0.644. The first-order valence-electron chi connectivity index (χ1n) is 4.83. The molecule has 0 amide bonds. The fraction of sp³-hybridized carbons (Fsp3) is 0.500. The van der Waals surface area contributed by atoms with Crippen LogP contribution in [-0.2, 0) is 12.7 Å². The minimum Gasteiger partial charge on any atom is -0.315 e. The van der Waals surface area contributed by atoms with E-state index in [1.807, 2.05) is 0 Å². The lowest BCUT2D eigenvalue weighted by Gasteiger charge is -2.10. The van der Waals surface area contributed by atoms with Crippen molar-refractivity contribution in [2.45, 2.75) is 25.6 Å². The number of unbranched alkanes of at least 4 members (excludes halogenated alkanes) is 1. The Morgan fingerprint density at radius 2 is 1.94 bits per heavy atom. The Hall–Kier alpha value is -0.910. The zero-order valence-corrected chi connectivity index (χ0v) is 9.39. The van der Waals surface area contributed by atoms with Crippen molar-refractivity contribution in [3.63, 3.8) is 0 Å². The van der Waals surface area contributed by atoms with Crippen LogP contribution in [0.25, 0.3) is 0 Å². The predicted octanol–water partition coefficient (Wildman–Crippen LogP) is 2.58. The van der Waals surface area contributed by atoms with Gasteiger partial charge in [-0.3, -0.25) is 4.79 Å². The third-order valence-electron chi connectivity index (χ3n) is 2.12. The average Bonchev–Trinajstić information content (AvgIpc) is 2.19. The fourth-order valence-corrected chi connectivity index (χ4v) is 1.49. The molecule has 0 aromatic carbocycles. The summed E-state index contributed by atoms with van der Waals surface area (Å²) in [7, 11) is 0. The summed E-state index contributed by atoms with van der Waals surface area (Å²) >= 11 is 3.99. The smallest absolute Gasteiger partial charge is 0.315 e. The van der Waals surface area contributed by atoms with Gasteiger partial charge in [-0.2, -0.15) is 25.8 Å². The standard InChI is InChI=1S/C10H12F3NOS/c11-10(12,13)8-3-4-9(15)14(7-8)5-1-2-6-16/h3-4,7,16H,1-2,5-6H2. The maximum absolute atomic E-state index is 12.4. The van der Waals surface area contributed by atoms with E-state index >= 15 is 0 Å². The third-order valence-corrected chi connectivity index (χ3v) is 2.43. The van der Waals surface area contributed by atoms with E-state index in [0.717, 1.165) is 29.3 Å². The highest BCUT2D eigenvalue weighted by molar-refractivity contribution is 7.80. The molecule has 0 bridgehead atoms. The molecule has 2 nitrogen and oxygen atoms in total. The van der Waals surface area contributed by atoms with Crippen LogP contribution in [0.2, 0.25) is 0 Å². The van der Waals surface area contributed by atoms with E-state index in [0.29, 0.717) is 18.7 Å². The molecule has 0 spiro atoms. The zero-order valence-electron chi connectivity index (χ0n) is 8.50. The summed E-state index contributed by atoms with van der Waals surface area (Å²) in [5, 5.41) is 0. The van der Waals surface area contributed by atoms with Crippen molar-refractivity contribution in [3.8, 4) is 0 Å². The molecule has 0 N–H and O–H groups in total. The SMILES string of the molecule is O=c1ccc(C(F)(F)F)cn1CCCCS. The number of halogens is 3. The number of aryl methyl sites for hydroxylation is 1. The number of hydrogen-bond donors (Lipinski definition) is 1. The van der Waals surface area contributed by atoms with Gasteiger partial charge in [0.2, 0.25) is 0 Å². The summed E-state index contributed by atoms with van der Waals surface area (Å²) in [5.41, 5.74) is -1.20. The molecule has 0 saturated heterocycles. The van der Waals surface area contributed by atoms with E-state index in [1.54, 1.807) is 0 Å². The van der Waals surface area contributed by atoms with Crippen LogP contribution in [0, 0.1) is 0 Å². The summed E-state index contributed by atoms with van der Waals surface area (Å²) in [6, 6.07) is 1.75. The van der Waals surface area contributed by atoms with Gasteiger partial charge < -0.3 is 4.57 Å². The maximum Gasteiger partial charge on any atom is 0.417 e. The van der Waals surface area contributed by atoms with Crippen molar-refractivity contribution in [2.75, 3.05) is 5.75 Å². The van der Waals surface area contributed by atoms with Gasteiger partial charge >= 0.3 is 6.18 Å². The van der Waals surface area contributed by atoms with Gasteiger partial charge in [-0.15, -0.1) is 0 Å². The Kier molecular flexibility index (Phi) is 4.46. The van der Waals surface area contributed by atoms with Gasteiger partial charge in [-0.1, -0.05) is 0 Å². The lowest BCUT2D eigenvalue weighted by molar-refractivity contribution is -0.138. The molecule has 90 valence electrons. The molecule has 1 aromatic heterocycles. The number of nitrogens with zero attached hydrogens (tertiary/aromatic N) is 1. The minimum atomic E-state index is -4.40. The zero-order chi connectivity index (χ0) is 12.2. The molecule has 1 rings (SSSR count). The molecule has 0 aliphatic rings. The van der Waals surface area contributed by atoms with Crippen molar-refractivity contribution in [1.29, 1.82) is 0 Å². The predicted molar refractivity (Wildman–Crippen MR) is 58.8 cm³/mol. The molecular weight excluding hydrogens is 239 g/mol. The number of rotatable bonds is 4. The van der Waals surface area contributed by atoms with E-state index in [2.05, 4.69) is 12.6 Å². The van der Waals surface area contributed by atoms with Crippen LogP contribution < -0.4 is 5.56 Å². The minimum absolute atomic E-state index is 0.295. The molecule has 1 aromatic rings.